The Kier molecular flexibility index (Phi) is 3.43. The van der Waals surface area contributed by atoms with Gasteiger partial charge in [0.25, 0.3) is 0 Å². The van der Waals surface area contributed by atoms with Gasteiger partial charge in [0.15, 0.2) is 0 Å². The molecule has 102 valence electrons. The fourth-order valence-electron chi connectivity index (χ4n) is 2.09. The fourth-order valence-corrected chi connectivity index (χ4v) is 2.09. The first-order valence-electron chi connectivity index (χ1n) is 6.47. The van der Waals surface area contributed by atoms with Crippen LogP contribution in [0, 0.1) is 0 Å². The summed E-state index contributed by atoms with van der Waals surface area (Å²) in [6, 6.07) is 20.1. The van der Waals surface area contributed by atoms with Crippen molar-refractivity contribution in [3.63, 3.8) is 0 Å². The van der Waals surface area contributed by atoms with Crippen molar-refractivity contribution in [2.24, 2.45) is 9.98 Å². The average molecular weight is 276 g/mol. The van der Waals surface area contributed by atoms with E-state index >= 15 is 0 Å². The number of urea groups is 1. The Hall–Kier alpha value is -3.01. The van der Waals surface area contributed by atoms with Gasteiger partial charge in [0.2, 0.25) is 0 Å². The Labute approximate surface area is 120 Å². The average Bonchev–Trinajstić information content (AvgIpc) is 2.88. The van der Waals surface area contributed by atoms with Crippen molar-refractivity contribution in [1.82, 2.24) is 0 Å². The van der Waals surface area contributed by atoms with E-state index in [-0.39, 0.29) is 0 Å². The molecular formula is C17H12N2O2. The lowest BCUT2D eigenvalue weighted by Gasteiger charge is -1.97. The van der Waals surface area contributed by atoms with Gasteiger partial charge in [-0.1, -0.05) is 48.5 Å². The minimum absolute atomic E-state index is 0.350. The summed E-state index contributed by atoms with van der Waals surface area (Å²) in [5.74, 6) is 0.350. The molecule has 1 N–H and O–H groups in total. The molecule has 1 heterocycles. The molecule has 0 aliphatic carbocycles. The molecule has 1 aliphatic heterocycles. The first-order valence-corrected chi connectivity index (χ1v) is 6.47. The Morgan fingerprint density at radius 2 is 1.29 bits per heavy atom. The summed E-state index contributed by atoms with van der Waals surface area (Å²) in [6.07, 6.45) is 0. The first-order chi connectivity index (χ1) is 10.2. The normalized spacial score (nSPS) is 11.9. The number of fused-ring (bicyclic) bond motifs is 2. The maximum Gasteiger partial charge on any atom is 0.368 e. The number of hydrogen-bond acceptors (Lipinski definition) is 2. The number of aromatic hydroxyl groups is 1. The molecule has 21 heavy (non-hydrogen) atoms. The topological polar surface area (TPSA) is 62.0 Å². The highest BCUT2D eigenvalue weighted by atomic mass is 16.3. The van der Waals surface area contributed by atoms with Crippen LogP contribution in [0.2, 0.25) is 0 Å². The molecule has 0 fully saturated rings. The zero-order valence-electron chi connectivity index (χ0n) is 11.1. The van der Waals surface area contributed by atoms with Gasteiger partial charge in [0.05, 0.1) is 10.7 Å². The van der Waals surface area contributed by atoms with Gasteiger partial charge < -0.3 is 5.11 Å². The molecule has 2 amide bonds. The lowest BCUT2D eigenvalue weighted by molar-refractivity contribution is 0.256. The zero-order chi connectivity index (χ0) is 14.7. The third kappa shape index (κ3) is 2.79. The van der Waals surface area contributed by atoms with Gasteiger partial charge >= 0.3 is 6.03 Å². The van der Waals surface area contributed by atoms with Crippen molar-refractivity contribution in [2.75, 3.05) is 0 Å². The summed E-state index contributed by atoms with van der Waals surface area (Å²) in [7, 11) is 0. The van der Waals surface area contributed by atoms with Gasteiger partial charge in [-0.25, -0.2) is 4.79 Å². The SMILES string of the molecule is O=C1N=c2ccccc2=N1.Oc1cccc2ccccc12. The summed E-state index contributed by atoms with van der Waals surface area (Å²) < 4.78 is 0. The van der Waals surface area contributed by atoms with Gasteiger partial charge in [-0.05, 0) is 23.6 Å². The molecule has 4 rings (SSSR count). The van der Waals surface area contributed by atoms with Crippen LogP contribution in [0.15, 0.2) is 76.7 Å². The second-order valence-electron chi connectivity index (χ2n) is 4.49. The van der Waals surface area contributed by atoms with E-state index in [2.05, 4.69) is 9.98 Å². The highest BCUT2D eigenvalue weighted by Gasteiger charge is 2.01. The van der Waals surface area contributed by atoms with Crippen LogP contribution in [0.3, 0.4) is 0 Å². The zero-order valence-corrected chi connectivity index (χ0v) is 11.1. The standard InChI is InChI=1S/C10H8O.C7H4N2O/c11-10-7-3-5-8-4-1-2-6-9(8)10;10-7-8-5-3-1-2-4-6(5)9-7/h1-7,11H;1-4H. The van der Waals surface area contributed by atoms with Crippen molar-refractivity contribution in [3.8, 4) is 5.75 Å². The van der Waals surface area contributed by atoms with Crippen molar-refractivity contribution in [1.29, 1.82) is 0 Å². The second kappa shape index (κ2) is 5.54. The number of phenols is 1. The van der Waals surface area contributed by atoms with Crippen LogP contribution >= 0.6 is 0 Å². The molecule has 4 nitrogen and oxygen atoms in total. The van der Waals surface area contributed by atoms with Crippen LogP contribution in [-0.2, 0) is 0 Å². The van der Waals surface area contributed by atoms with Gasteiger partial charge in [0.1, 0.15) is 5.75 Å². The van der Waals surface area contributed by atoms with Crippen molar-refractivity contribution in [2.45, 2.75) is 0 Å². The third-order valence-electron chi connectivity index (χ3n) is 3.08. The van der Waals surface area contributed by atoms with Crippen molar-refractivity contribution >= 4 is 16.8 Å². The van der Waals surface area contributed by atoms with E-state index in [0.29, 0.717) is 16.5 Å². The number of amides is 2. The number of carbonyl (C=O) groups is 1. The van der Waals surface area contributed by atoms with E-state index in [1.807, 2.05) is 48.5 Å². The van der Waals surface area contributed by atoms with Crippen LogP contribution in [0.1, 0.15) is 0 Å². The number of rotatable bonds is 0. The molecule has 0 radical (unpaired) electrons. The maximum absolute atomic E-state index is 10.6. The van der Waals surface area contributed by atoms with Gasteiger partial charge in [-0.15, -0.1) is 0 Å². The number of nitrogens with zero attached hydrogens (tertiary/aromatic N) is 2. The number of benzene rings is 3. The van der Waals surface area contributed by atoms with Crippen LogP contribution in [0.5, 0.6) is 5.75 Å². The van der Waals surface area contributed by atoms with E-state index in [1.165, 1.54) is 0 Å². The lowest BCUT2D eigenvalue weighted by Crippen LogP contribution is -2.19. The molecule has 0 unspecified atom stereocenters. The number of para-hydroxylation sites is 2. The van der Waals surface area contributed by atoms with Crippen LogP contribution < -0.4 is 10.7 Å². The highest BCUT2D eigenvalue weighted by molar-refractivity contribution is 5.87. The summed E-state index contributed by atoms with van der Waals surface area (Å²) in [4.78, 5) is 17.9. The predicted octanol–water partition coefficient (Wildman–Crippen LogP) is 2.60. The Morgan fingerprint density at radius 1 is 0.714 bits per heavy atom. The molecule has 0 aromatic heterocycles. The first kappa shape index (κ1) is 13.0. The van der Waals surface area contributed by atoms with Gasteiger partial charge in [-0.3, -0.25) is 0 Å². The largest absolute Gasteiger partial charge is 0.507 e. The Bertz CT molecular complexity index is 890. The molecule has 0 saturated heterocycles. The number of carbonyl (C=O) groups excluding carboxylic acids is 1. The third-order valence-corrected chi connectivity index (χ3v) is 3.08. The van der Waals surface area contributed by atoms with E-state index in [0.717, 1.165) is 10.8 Å². The molecule has 0 spiro atoms. The van der Waals surface area contributed by atoms with Crippen molar-refractivity contribution < 1.29 is 9.90 Å². The Balaban J connectivity index is 0.000000126. The summed E-state index contributed by atoms with van der Waals surface area (Å²) in [6.45, 7) is 0. The van der Waals surface area contributed by atoms with Crippen molar-refractivity contribution in [3.05, 3.63) is 77.4 Å². The maximum atomic E-state index is 10.6. The summed E-state index contributed by atoms with van der Waals surface area (Å²) in [5, 5.41) is 12.7. The lowest BCUT2D eigenvalue weighted by atomic mass is 10.1. The van der Waals surface area contributed by atoms with Gasteiger partial charge in [0, 0.05) is 5.39 Å². The minimum Gasteiger partial charge on any atom is -0.507 e. The number of phenolic OH excluding ortho intramolecular Hbond substituents is 1. The highest BCUT2D eigenvalue weighted by Crippen LogP contribution is 2.22. The molecule has 0 bridgehead atoms. The predicted molar refractivity (Wildman–Crippen MR) is 79.8 cm³/mol. The fraction of sp³-hybridized carbons (Fsp3) is 0. The summed E-state index contributed by atoms with van der Waals surface area (Å²) >= 11 is 0. The van der Waals surface area contributed by atoms with Gasteiger partial charge in [-0.2, -0.15) is 9.98 Å². The Morgan fingerprint density at radius 3 is 1.95 bits per heavy atom. The van der Waals surface area contributed by atoms with Crippen LogP contribution in [0.25, 0.3) is 10.8 Å². The molecular weight excluding hydrogens is 264 g/mol. The van der Waals surface area contributed by atoms with E-state index in [9.17, 15) is 9.90 Å². The summed E-state index contributed by atoms with van der Waals surface area (Å²) in [5.41, 5.74) is 0. The van der Waals surface area contributed by atoms with Crippen LogP contribution in [-0.4, -0.2) is 11.1 Å². The molecule has 1 aliphatic rings. The van der Waals surface area contributed by atoms with Crippen LogP contribution in [0.4, 0.5) is 4.79 Å². The molecule has 0 saturated carbocycles. The van der Waals surface area contributed by atoms with E-state index < -0.39 is 6.03 Å². The number of hydrogen-bond donors (Lipinski definition) is 1. The minimum atomic E-state index is -0.402. The molecule has 4 heteroatoms. The van der Waals surface area contributed by atoms with E-state index in [1.54, 1.807) is 18.2 Å². The molecule has 3 aromatic carbocycles. The smallest absolute Gasteiger partial charge is 0.368 e. The molecule has 0 atom stereocenters. The molecule has 3 aromatic rings. The van der Waals surface area contributed by atoms with E-state index in [4.69, 9.17) is 0 Å². The second-order valence-corrected chi connectivity index (χ2v) is 4.49. The quantitative estimate of drug-likeness (QED) is 0.686. The monoisotopic (exact) mass is 276 g/mol.